The van der Waals surface area contributed by atoms with Crippen molar-refractivity contribution < 1.29 is 4.79 Å². The van der Waals surface area contributed by atoms with Crippen molar-refractivity contribution in [3.63, 3.8) is 0 Å². The van der Waals surface area contributed by atoms with Crippen molar-refractivity contribution in [3.05, 3.63) is 65.2 Å². The van der Waals surface area contributed by atoms with Gasteiger partial charge in [-0.05, 0) is 30.5 Å². The molecule has 0 aromatic heterocycles. The summed E-state index contributed by atoms with van der Waals surface area (Å²) in [5.41, 5.74) is 3.76. The van der Waals surface area contributed by atoms with Crippen molar-refractivity contribution in [1.82, 2.24) is 0 Å². The van der Waals surface area contributed by atoms with Gasteiger partial charge in [0, 0.05) is 5.69 Å². The van der Waals surface area contributed by atoms with Gasteiger partial charge in [-0.25, -0.2) is 0 Å². The average Bonchev–Trinajstić information content (AvgIpc) is 2.72. The van der Waals surface area contributed by atoms with E-state index in [0.717, 1.165) is 23.2 Å². The molecule has 2 aromatic rings. The van der Waals surface area contributed by atoms with Crippen LogP contribution in [0, 0.1) is 6.92 Å². The van der Waals surface area contributed by atoms with E-state index in [9.17, 15) is 4.79 Å². The van der Waals surface area contributed by atoms with Gasteiger partial charge >= 0.3 is 0 Å². The van der Waals surface area contributed by atoms with E-state index in [1.807, 2.05) is 42.5 Å². The summed E-state index contributed by atoms with van der Waals surface area (Å²) >= 11 is 0. The predicted molar refractivity (Wildman–Crippen MR) is 77.3 cm³/mol. The van der Waals surface area contributed by atoms with Gasteiger partial charge in [-0.2, -0.15) is 0 Å². The number of hydrogen-bond acceptors (Lipinski definition) is 1. The Morgan fingerprint density at radius 1 is 1.11 bits per heavy atom. The first-order valence-electron chi connectivity index (χ1n) is 6.66. The van der Waals surface area contributed by atoms with Crippen molar-refractivity contribution in [2.24, 2.45) is 0 Å². The summed E-state index contributed by atoms with van der Waals surface area (Å²) in [5, 5.41) is 3.03. The fourth-order valence-electron chi connectivity index (χ4n) is 3.04. The number of carbonyl (C=O) groups is 1. The minimum absolute atomic E-state index is 0.0850. The lowest BCUT2D eigenvalue weighted by Crippen LogP contribution is -2.35. The van der Waals surface area contributed by atoms with Gasteiger partial charge in [-0.3, -0.25) is 4.79 Å². The van der Waals surface area contributed by atoms with Gasteiger partial charge in [-0.15, -0.1) is 0 Å². The zero-order valence-electron chi connectivity index (χ0n) is 11.2. The summed E-state index contributed by atoms with van der Waals surface area (Å²) in [6.07, 6.45) is 0.763. The Bertz CT molecular complexity index is 633. The van der Waals surface area contributed by atoms with Crippen LogP contribution in [0.25, 0.3) is 0 Å². The van der Waals surface area contributed by atoms with Gasteiger partial charge in [0.1, 0.15) is 5.41 Å². The smallest absolute Gasteiger partial charge is 0.239 e. The third-order valence-electron chi connectivity index (χ3n) is 4.07. The van der Waals surface area contributed by atoms with E-state index < -0.39 is 5.41 Å². The summed E-state index contributed by atoms with van der Waals surface area (Å²) in [6, 6.07) is 16.2. The summed E-state index contributed by atoms with van der Waals surface area (Å²) in [6.45, 7) is 4.14. The first kappa shape index (κ1) is 12.0. The number of anilines is 1. The van der Waals surface area contributed by atoms with Crippen molar-refractivity contribution in [3.8, 4) is 0 Å². The number of nitrogens with one attached hydrogen (secondary N) is 1. The van der Waals surface area contributed by atoms with Crippen LogP contribution in [0.5, 0.6) is 0 Å². The highest BCUT2D eigenvalue weighted by Gasteiger charge is 2.46. The standard InChI is InChI=1S/C17H17NO/c1-3-17(13-7-5-4-6-8-13)14-11-12(2)9-10-15(14)18-16(17)19/h4-11H,3H2,1-2H3,(H,18,19). The van der Waals surface area contributed by atoms with Crippen LogP contribution in [0.4, 0.5) is 5.69 Å². The largest absolute Gasteiger partial charge is 0.325 e. The fourth-order valence-corrected chi connectivity index (χ4v) is 3.04. The molecule has 2 heteroatoms. The summed E-state index contributed by atoms with van der Waals surface area (Å²) in [5.74, 6) is 0.0850. The van der Waals surface area contributed by atoms with E-state index in [1.54, 1.807) is 0 Å². The van der Waals surface area contributed by atoms with Gasteiger partial charge in [-0.1, -0.05) is 55.0 Å². The summed E-state index contributed by atoms with van der Waals surface area (Å²) in [7, 11) is 0. The third kappa shape index (κ3) is 1.60. The molecule has 0 aliphatic carbocycles. The molecule has 0 bridgehead atoms. The van der Waals surface area contributed by atoms with Gasteiger partial charge < -0.3 is 5.32 Å². The topological polar surface area (TPSA) is 29.1 Å². The van der Waals surface area contributed by atoms with Crippen LogP contribution >= 0.6 is 0 Å². The molecule has 19 heavy (non-hydrogen) atoms. The molecule has 1 aliphatic rings. The molecule has 0 saturated carbocycles. The van der Waals surface area contributed by atoms with E-state index in [0.29, 0.717) is 0 Å². The Labute approximate surface area is 113 Å². The van der Waals surface area contributed by atoms with Crippen molar-refractivity contribution >= 4 is 11.6 Å². The van der Waals surface area contributed by atoms with Crippen LogP contribution in [0.3, 0.4) is 0 Å². The van der Waals surface area contributed by atoms with Crippen LogP contribution in [0.15, 0.2) is 48.5 Å². The molecule has 2 nitrogen and oxygen atoms in total. The van der Waals surface area contributed by atoms with Crippen molar-refractivity contribution in [2.45, 2.75) is 25.7 Å². The highest BCUT2D eigenvalue weighted by atomic mass is 16.2. The van der Waals surface area contributed by atoms with E-state index in [1.165, 1.54) is 5.56 Å². The van der Waals surface area contributed by atoms with Crippen LogP contribution in [0.1, 0.15) is 30.0 Å². The molecule has 96 valence electrons. The maximum Gasteiger partial charge on any atom is 0.239 e. The molecule has 0 spiro atoms. The van der Waals surface area contributed by atoms with Crippen LogP contribution in [-0.2, 0) is 10.2 Å². The van der Waals surface area contributed by atoms with Gasteiger partial charge in [0.05, 0.1) is 0 Å². The van der Waals surface area contributed by atoms with E-state index in [2.05, 4.69) is 25.2 Å². The highest BCUT2D eigenvalue weighted by molar-refractivity contribution is 6.08. The zero-order valence-corrected chi connectivity index (χ0v) is 11.2. The first-order chi connectivity index (χ1) is 9.18. The second kappa shape index (κ2) is 4.23. The molecule has 1 N–H and O–H groups in total. The number of aryl methyl sites for hydroxylation is 1. The van der Waals surface area contributed by atoms with E-state index >= 15 is 0 Å². The maximum atomic E-state index is 12.6. The van der Waals surface area contributed by atoms with Crippen LogP contribution < -0.4 is 5.32 Å². The molecule has 0 fully saturated rings. The second-order valence-electron chi connectivity index (χ2n) is 5.13. The molecule has 0 radical (unpaired) electrons. The van der Waals surface area contributed by atoms with E-state index in [-0.39, 0.29) is 5.91 Å². The molecule has 0 saturated heterocycles. The Morgan fingerprint density at radius 3 is 2.53 bits per heavy atom. The Morgan fingerprint density at radius 2 is 1.84 bits per heavy atom. The van der Waals surface area contributed by atoms with Crippen LogP contribution in [-0.4, -0.2) is 5.91 Å². The zero-order chi connectivity index (χ0) is 13.5. The minimum atomic E-state index is -0.539. The molecule has 1 atom stereocenters. The SMILES string of the molecule is CCC1(c2ccccc2)C(=O)Nc2ccc(C)cc21. The molecular formula is C17H17NO. The molecule has 1 heterocycles. The number of fused-ring (bicyclic) bond motifs is 1. The normalized spacial score (nSPS) is 21.1. The number of benzene rings is 2. The Hall–Kier alpha value is -2.09. The number of carbonyl (C=O) groups excluding carboxylic acids is 1. The molecular weight excluding hydrogens is 234 g/mol. The van der Waals surface area contributed by atoms with Crippen molar-refractivity contribution in [1.29, 1.82) is 0 Å². The quantitative estimate of drug-likeness (QED) is 0.867. The minimum Gasteiger partial charge on any atom is -0.325 e. The van der Waals surface area contributed by atoms with Gasteiger partial charge in [0.15, 0.2) is 0 Å². The fraction of sp³-hybridized carbons (Fsp3) is 0.235. The summed E-state index contributed by atoms with van der Waals surface area (Å²) < 4.78 is 0. The molecule has 1 amide bonds. The number of amides is 1. The average molecular weight is 251 g/mol. The molecule has 1 unspecified atom stereocenters. The Balaban J connectivity index is 2.28. The second-order valence-corrected chi connectivity index (χ2v) is 5.13. The predicted octanol–water partition coefficient (Wildman–Crippen LogP) is 3.64. The first-order valence-corrected chi connectivity index (χ1v) is 6.66. The van der Waals surface area contributed by atoms with E-state index in [4.69, 9.17) is 0 Å². The number of rotatable bonds is 2. The monoisotopic (exact) mass is 251 g/mol. The van der Waals surface area contributed by atoms with Crippen LogP contribution in [0.2, 0.25) is 0 Å². The Kier molecular flexibility index (Phi) is 2.67. The summed E-state index contributed by atoms with van der Waals surface area (Å²) in [4.78, 5) is 12.6. The maximum absolute atomic E-state index is 12.6. The third-order valence-corrected chi connectivity index (χ3v) is 4.07. The number of hydrogen-bond donors (Lipinski definition) is 1. The molecule has 2 aromatic carbocycles. The lowest BCUT2D eigenvalue weighted by molar-refractivity contribution is -0.119. The lowest BCUT2D eigenvalue weighted by atomic mass is 9.73. The molecule has 1 aliphatic heterocycles. The highest BCUT2D eigenvalue weighted by Crippen LogP contribution is 2.45. The lowest BCUT2D eigenvalue weighted by Gasteiger charge is -2.26. The van der Waals surface area contributed by atoms with Gasteiger partial charge in [0.25, 0.3) is 0 Å². The van der Waals surface area contributed by atoms with Gasteiger partial charge in [0.2, 0.25) is 5.91 Å². The molecule has 3 rings (SSSR count). The van der Waals surface area contributed by atoms with Crippen molar-refractivity contribution in [2.75, 3.05) is 5.32 Å².